The van der Waals surface area contributed by atoms with E-state index < -0.39 is 5.54 Å². The summed E-state index contributed by atoms with van der Waals surface area (Å²) < 4.78 is 0. The average Bonchev–Trinajstić information content (AvgIpc) is 3.31. The zero-order chi connectivity index (χ0) is 16.6. The summed E-state index contributed by atoms with van der Waals surface area (Å²) in [5.41, 5.74) is 0.942. The molecule has 6 nitrogen and oxygen atoms in total. The Morgan fingerprint density at radius 1 is 1.38 bits per heavy atom. The highest BCUT2D eigenvalue weighted by molar-refractivity contribution is 7.13. The molecule has 4 rings (SSSR count). The van der Waals surface area contributed by atoms with E-state index in [4.69, 9.17) is 0 Å². The highest BCUT2D eigenvalue weighted by Crippen LogP contribution is 2.36. The molecule has 1 N–H and O–H groups in total. The van der Waals surface area contributed by atoms with Gasteiger partial charge in [-0.15, -0.1) is 11.3 Å². The first-order chi connectivity index (χ1) is 11.7. The standard InChI is InChI=1S/C17H18N4O2S/c22-14(21-9-3-5-17(21)6-8-19-16(17)23)10-12-11-24-15(20-12)13-4-1-2-7-18-13/h1-2,4,7,11H,3,5-6,8-10H2,(H,19,23). The molecule has 0 aliphatic carbocycles. The number of nitrogens with one attached hydrogen (secondary N) is 1. The summed E-state index contributed by atoms with van der Waals surface area (Å²) in [6.07, 6.45) is 4.33. The van der Waals surface area contributed by atoms with Gasteiger partial charge in [0.05, 0.1) is 17.8 Å². The maximum Gasteiger partial charge on any atom is 0.246 e. The minimum atomic E-state index is -0.614. The van der Waals surface area contributed by atoms with Gasteiger partial charge >= 0.3 is 0 Å². The van der Waals surface area contributed by atoms with Crippen LogP contribution in [0.15, 0.2) is 29.8 Å². The van der Waals surface area contributed by atoms with Crippen LogP contribution in [0.4, 0.5) is 0 Å². The number of likely N-dealkylation sites (tertiary alicyclic amines) is 1. The van der Waals surface area contributed by atoms with E-state index >= 15 is 0 Å². The summed E-state index contributed by atoms with van der Waals surface area (Å²) >= 11 is 1.49. The smallest absolute Gasteiger partial charge is 0.246 e. The van der Waals surface area contributed by atoms with Crippen LogP contribution < -0.4 is 5.32 Å². The second-order valence-electron chi connectivity index (χ2n) is 6.22. The van der Waals surface area contributed by atoms with Gasteiger partial charge in [0.1, 0.15) is 10.5 Å². The molecule has 2 aliphatic heterocycles. The molecule has 0 aromatic carbocycles. The van der Waals surface area contributed by atoms with Gasteiger partial charge in [-0.3, -0.25) is 14.6 Å². The van der Waals surface area contributed by atoms with E-state index in [1.54, 1.807) is 11.1 Å². The van der Waals surface area contributed by atoms with E-state index in [2.05, 4.69) is 15.3 Å². The molecule has 2 saturated heterocycles. The molecule has 1 atom stereocenters. The van der Waals surface area contributed by atoms with Crippen LogP contribution in [0.2, 0.25) is 0 Å². The van der Waals surface area contributed by atoms with E-state index in [1.165, 1.54) is 11.3 Å². The lowest BCUT2D eigenvalue weighted by Crippen LogP contribution is -2.52. The second-order valence-corrected chi connectivity index (χ2v) is 7.08. The first kappa shape index (κ1) is 15.3. The fraction of sp³-hybridized carbons (Fsp3) is 0.412. The van der Waals surface area contributed by atoms with Gasteiger partial charge in [-0.1, -0.05) is 6.07 Å². The maximum absolute atomic E-state index is 12.8. The fourth-order valence-electron chi connectivity index (χ4n) is 3.64. The van der Waals surface area contributed by atoms with E-state index in [9.17, 15) is 9.59 Å². The Morgan fingerprint density at radius 3 is 3.04 bits per heavy atom. The number of amides is 2. The Balaban J connectivity index is 1.51. The Bertz CT molecular complexity index is 772. The average molecular weight is 342 g/mol. The van der Waals surface area contributed by atoms with Crippen molar-refractivity contribution in [3.05, 3.63) is 35.5 Å². The zero-order valence-electron chi connectivity index (χ0n) is 13.2. The van der Waals surface area contributed by atoms with Crippen molar-refractivity contribution >= 4 is 23.2 Å². The molecule has 1 spiro atoms. The van der Waals surface area contributed by atoms with Crippen LogP contribution >= 0.6 is 11.3 Å². The van der Waals surface area contributed by atoms with Crippen molar-refractivity contribution in [1.82, 2.24) is 20.2 Å². The number of pyridine rings is 1. The number of nitrogens with zero attached hydrogens (tertiary/aromatic N) is 3. The van der Waals surface area contributed by atoms with Crippen LogP contribution in [0.1, 0.15) is 25.0 Å². The molecule has 1 unspecified atom stereocenters. The van der Waals surface area contributed by atoms with Crippen LogP contribution in [-0.4, -0.2) is 45.3 Å². The van der Waals surface area contributed by atoms with E-state index in [1.807, 2.05) is 23.6 Å². The van der Waals surface area contributed by atoms with Gasteiger partial charge in [0.2, 0.25) is 11.8 Å². The van der Waals surface area contributed by atoms with Gasteiger partial charge in [0.25, 0.3) is 0 Å². The third kappa shape index (κ3) is 2.49. The third-order valence-corrected chi connectivity index (χ3v) is 5.72. The van der Waals surface area contributed by atoms with Gasteiger partial charge in [-0.25, -0.2) is 4.98 Å². The Kier molecular flexibility index (Phi) is 3.80. The molecular formula is C17H18N4O2S. The lowest BCUT2D eigenvalue weighted by Gasteiger charge is -2.32. The minimum absolute atomic E-state index is 0.000743. The van der Waals surface area contributed by atoms with Crippen LogP contribution in [0.25, 0.3) is 10.7 Å². The molecule has 2 aromatic heterocycles. The summed E-state index contributed by atoms with van der Waals surface area (Å²) in [6, 6.07) is 5.69. The predicted octanol–water partition coefficient (Wildman–Crippen LogP) is 1.63. The predicted molar refractivity (Wildman–Crippen MR) is 90.4 cm³/mol. The molecule has 24 heavy (non-hydrogen) atoms. The van der Waals surface area contributed by atoms with Crippen molar-refractivity contribution < 1.29 is 9.59 Å². The Hall–Kier alpha value is -2.28. The van der Waals surface area contributed by atoms with E-state index in [0.29, 0.717) is 19.5 Å². The second kappa shape index (κ2) is 5.98. The van der Waals surface area contributed by atoms with E-state index in [0.717, 1.165) is 29.2 Å². The van der Waals surface area contributed by atoms with Crippen LogP contribution in [0, 0.1) is 0 Å². The molecule has 7 heteroatoms. The van der Waals surface area contributed by atoms with Crippen molar-refractivity contribution in [3.8, 4) is 10.7 Å². The quantitative estimate of drug-likeness (QED) is 0.920. The van der Waals surface area contributed by atoms with Crippen LogP contribution in [-0.2, 0) is 16.0 Å². The summed E-state index contributed by atoms with van der Waals surface area (Å²) in [4.78, 5) is 35.6. The first-order valence-electron chi connectivity index (χ1n) is 8.14. The normalized spacial score (nSPS) is 23.0. The third-order valence-electron chi connectivity index (χ3n) is 4.80. The maximum atomic E-state index is 12.8. The SMILES string of the molecule is O=C(Cc1csc(-c2ccccn2)n1)N1CCCC12CCNC2=O. The van der Waals surface area contributed by atoms with Crippen molar-refractivity contribution in [2.24, 2.45) is 0 Å². The Morgan fingerprint density at radius 2 is 2.29 bits per heavy atom. The molecule has 124 valence electrons. The number of carbonyl (C=O) groups is 2. The first-order valence-corrected chi connectivity index (χ1v) is 9.02. The number of rotatable bonds is 3. The number of aromatic nitrogens is 2. The lowest BCUT2D eigenvalue weighted by atomic mass is 9.94. The molecule has 4 heterocycles. The van der Waals surface area contributed by atoms with E-state index in [-0.39, 0.29) is 18.2 Å². The number of hydrogen-bond donors (Lipinski definition) is 1. The molecular weight excluding hydrogens is 324 g/mol. The molecule has 2 aliphatic rings. The van der Waals surface area contributed by atoms with Crippen LogP contribution in [0.5, 0.6) is 0 Å². The molecule has 2 amide bonds. The number of carbonyl (C=O) groups excluding carboxylic acids is 2. The lowest BCUT2D eigenvalue weighted by molar-refractivity contribution is -0.142. The van der Waals surface area contributed by atoms with Crippen molar-refractivity contribution in [3.63, 3.8) is 0 Å². The Labute approximate surface area is 143 Å². The fourth-order valence-corrected chi connectivity index (χ4v) is 4.44. The van der Waals surface area contributed by atoms with Crippen LogP contribution in [0.3, 0.4) is 0 Å². The van der Waals surface area contributed by atoms with Gasteiger partial charge in [-0.05, 0) is 31.4 Å². The monoisotopic (exact) mass is 342 g/mol. The van der Waals surface area contributed by atoms with Gasteiger partial charge < -0.3 is 10.2 Å². The minimum Gasteiger partial charge on any atom is -0.354 e. The highest BCUT2D eigenvalue weighted by atomic mass is 32.1. The zero-order valence-corrected chi connectivity index (χ0v) is 14.0. The highest BCUT2D eigenvalue weighted by Gasteiger charge is 2.51. The molecule has 0 saturated carbocycles. The van der Waals surface area contributed by atoms with Gasteiger partial charge in [-0.2, -0.15) is 0 Å². The summed E-state index contributed by atoms with van der Waals surface area (Å²) in [5.74, 6) is -0.0109. The largest absolute Gasteiger partial charge is 0.354 e. The summed E-state index contributed by atoms with van der Waals surface area (Å²) in [5, 5.41) is 5.59. The van der Waals surface area contributed by atoms with Crippen molar-refractivity contribution in [1.29, 1.82) is 0 Å². The summed E-state index contributed by atoms with van der Waals surface area (Å²) in [7, 11) is 0. The molecule has 2 aromatic rings. The van der Waals surface area contributed by atoms with Gasteiger partial charge in [0.15, 0.2) is 0 Å². The molecule has 2 fully saturated rings. The molecule has 0 bridgehead atoms. The molecule has 0 radical (unpaired) electrons. The number of hydrogen-bond acceptors (Lipinski definition) is 5. The van der Waals surface area contributed by atoms with Gasteiger partial charge in [0, 0.05) is 24.7 Å². The van der Waals surface area contributed by atoms with Crippen molar-refractivity contribution in [2.45, 2.75) is 31.2 Å². The topological polar surface area (TPSA) is 75.2 Å². The van der Waals surface area contributed by atoms with Crippen molar-refractivity contribution in [2.75, 3.05) is 13.1 Å². The number of thiazole rings is 1. The summed E-state index contributed by atoms with van der Waals surface area (Å²) in [6.45, 7) is 1.31.